The number of primary amides is 1. The highest BCUT2D eigenvalue weighted by atomic mass is 16.1. The van der Waals surface area contributed by atoms with E-state index in [4.69, 9.17) is 11.5 Å². The highest BCUT2D eigenvalue weighted by Crippen LogP contribution is 2.22. The molecule has 0 spiro atoms. The van der Waals surface area contributed by atoms with Crippen molar-refractivity contribution in [3.8, 4) is 0 Å². The summed E-state index contributed by atoms with van der Waals surface area (Å²) < 4.78 is 0. The molecule has 1 fully saturated rings. The molecule has 0 radical (unpaired) electrons. The first-order chi connectivity index (χ1) is 6.52. The highest BCUT2D eigenvalue weighted by molar-refractivity contribution is 5.79. The van der Waals surface area contributed by atoms with Crippen LogP contribution in [0.4, 0.5) is 0 Å². The van der Waals surface area contributed by atoms with Gasteiger partial charge in [-0.15, -0.1) is 0 Å². The molecular formula is C10H21N3O. The average Bonchev–Trinajstić information content (AvgIpc) is 2.12. The molecule has 0 aromatic heterocycles. The molecule has 82 valence electrons. The summed E-state index contributed by atoms with van der Waals surface area (Å²) in [7, 11) is 0. The summed E-state index contributed by atoms with van der Waals surface area (Å²) in [5.41, 5.74) is 10.8. The largest absolute Gasteiger partial charge is 0.368 e. The van der Waals surface area contributed by atoms with Crippen molar-refractivity contribution in [2.45, 2.75) is 38.8 Å². The minimum atomic E-state index is -0.525. The number of carbonyl (C=O) groups excluding carboxylic acids is 1. The minimum absolute atomic E-state index is 0.407. The molecule has 1 rings (SSSR count). The maximum absolute atomic E-state index is 10.8. The molecule has 3 unspecified atom stereocenters. The molecule has 0 bridgehead atoms. The Morgan fingerprint density at radius 1 is 1.57 bits per heavy atom. The fraction of sp³-hybridized carbons (Fsp3) is 0.900. The summed E-state index contributed by atoms with van der Waals surface area (Å²) in [6, 6.07) is -0.0168. The van der Waals surface area contributed by atoms with E-state index < -0.39 is 11.9 Å². The van der Waals surface area contributed by atoms with E-state index in [1.807, 2.05) is 0 Å². The Hall–Kier alpha value is -0.610. The second kappa shape index (κ2) is 4.75. The van der Waals surface area contributed by atoms with Gasteiger partial charge in [-0.2, -0.15) is 0 Å². The Balaban J connectivity index is 2.46. The third kappa shape index (κ3) is 2.69. The number of likely N-dealkylation sites (tertiary alicyclic amines) is 1. The van der Waals surface area contributed by atoms with Gasteiger partial charge in [0.25, 0.3) is 0 Å². The van der Waals surface area contributed by atoms with E-state index in [1.54, 1.807) is 0 Å². The lowest BCUT2D eigenvalue weighted by molar-refractivity contribution is -0.119. The maximum atomic E-state index is 10.8. The van der Waals surface area contributed by atoms with Crippen LogP contribution in [0.2, 0.25) is 0 Å². The second-order valence-electron chi connectivity index (χ2n) is 4.36. The van der Waals surface area contributed by atoms with Crippen LogP contribution in [0.5, 0.6) is 0 Å². The van der Waals surface area contributed by atoms with Crippen molar-refractivity contribution in [2.24, 2.45) is 17.4 Å². The predicted octanol–water partition coefficient (Wildman–Crippen LogP) is -0.0806. The molecule has 4 N–H and O–H groups in total. The molecule has 0 aromatic carbocycles. The summed E-state index contributed by atoms with van der Waals surface area (Å²) in [5.74, 6) is 0.277. The summed E-state index contributed by atoms with van der Waals surface area (Å²) in [6.07, 6.45) is 2.46. The Morgan fingerprint density at radius 2 is 2.21 bits per heavy atom. The first-order valence-corrected chi connectivity index (χ1v) is 5.31. The van der Waals surface area contributed by atoms with E-state index in [0.717, 1.165) is 6.54 Å². The summed E-state index contributed by atoms with van der Waals surface area (Å²) >= 11 is 0. The van der Waals surface area contributed by atoms with Crippen molar-refractivity contribution in [2.75, 3.05) is 13.1 Å². The van der Waals surface area contributed by atoms with Gasteiger partial charge in [0.15, 0.2) is 0 Å². The van der Waals surface area contributed by atoms with Gasteiger partial charge in [-0.25, -0.2) is 0 Å². The quantitative estimate of drug-likeness (QED) is 0.667. The Morgan fingerprint density at radius 3 is 2.79 bits per heavy atom. The second-order valence-corrected chi connectivity index (χ2v) is 4.36. The molecule has 4 nitrogen and oxygen atoms in total. The van der Waals surface area contributed by atoms with Gasteiger partial charge in [-0.1, -0.05) is 6.92 Å². The molecule has 0 aliphatic carbocycles. The SMILES string of the molecule is CC1CCCN(CC(N)C(N)=O)C1C. The molecule has 4 heteroatoms. The number of amides is 1. The number of nitrogens with two attached hydrogens (primary N) is 2. The number of carbonyl (C=O) groups is 1. The molecular weight excluding hydrogens is 178 g/mol. The van der Waals surface area contributed by atoms with Gasteiger partial charge < -0.3 is 11.5 Å². The predicted molar refractivity (Wildman–Crippen MR) is 56.6 cm³/mol. The molecule has 1 amide bonds. The number of piperidine rings is 1. The van der Waals surface area contributed by atoms with Crippen LogP contribution in [-0.2, 0) is 4.79 Å². The van der Waals surface area contributed by atoms with Crippen LogP contribution in [0.15, 0.2) is 0 Å². The van der Waals surface area contributed by atoms with Gasteiger partial charge in [-0.3, -0.25) is 9.69 Å². The first kappa shape index (κ1) is 11.5. The van der Waals surface area contributed by atoms with Crippen molar-refractivity contribution >= 4 is 5.91 Å². The van der Waals surface area contributed by atoms with E-state index in [0.29, 0.717) is 18.5 Å². The molecule has 1 aliphatic heterocycles. The monoisotopic (exact) mass is 199 g/mol. The standard InChI is InChI=1S/C10H21N3O/c1-7-4-3-5-13(8(7)2)6-9(11)10(12)14/h7-9H,3-6,11H2,1-2H3,(H2,12,14). The van der Waals surface area contributed by atoms with E-state index >= 15 is 0 Å². The smallest absolute Gasteiger partial charge is 0.235 e. The van der Waals surface area contributed by atoms with Crippen LogP contribution < -0.4 is 11.5 Å². The Kier molecular flexibility index (Phi) is 3.89. The zero-order valence-corrected chi connectivity index (χ0v) is 9.07. The lowest BCUT2D eigenvalue weighted by Crippen LogP contribution is -2.51. The molecule has 0 aromatic rings. The highest BCUT2D eigenvalue weighted by Gasteiger charge is 2.26. The zero-order valence-electron chi connectivity index (χ0n) is 9.07. The van der Waals surface area contributed by atoms with Gasteiger partial charge >= 0.3 is 0 Å². The van der Waals surface area contributed by atoms with Gasteiger partial charge in [0, 0.05) is 12.6 Å². The molecule has 14 heavy (non-hydrogen) atoms. The number of nitrogens with zero attached hydrogens (tertiary/aromatic N) is 1. The van der Waals surface area contributed by atoms with Crippen molar-refractivity contribution in [1.29, 1.82) is 0 Å². The van der Waals surface area contributed by atoms with Crippen LogP contribution in [0.3, 0.4) is 0 Å². The lowest BCUT2D eigenvalue weighted by Gasteiger charge is -2.38. The zero-order chi connectivity index (χ0) is 10.7. The van der Waals surface area contributed by atoms with E-state index in [2.05, 4.69) is 18.7 Å². The number of hydrogen-bond donors (Lipinski definition) is 2. The van der Waals surface area contributed by atoms with Crippen LogP contribution >= 0.6 is 0 Å². The topological polar surface area (TPSA) is 72.3 Å². The minimum Gasteiger partial charge on any atom is -0.368 e. The van der Waals surface area contributed by atoms with Crippen LogP contribution in [0, 0.1) is 5.92 Å². The summed E-state index contributed by atoms with van der Waals surface area (Å²) in [5, 5.41) is 0. The summed E-state index contributed by atoms with van der Waals surface area (Å²) in [4.78, 5) is 13.1. The maximum Gasteiger partial charge on any atom is 0.235 e. The van der Waals surface area contributed by atoms with Crippen LogP contribution in [-0.4, -0.2) is 36.0 Å². The van der Waals surface area contributed by atoms with Gasteiger partial charge in [0.2, 0.25) is 5.91 Å². The molecule has 3 atom stereocenters. The molecule has 1 aliphatic rings. The van der Waals surface area contributed by atoms with E-state index in [9.17, 15) is 4.79 Å². The van der Waals surface area contributed by atoms with Gasteiger partial charge in [0.1, 0.15) is 0 Å². The number of rotatable bonds is 3. The Labute approximate surface area is 85.6 Å². The van der Waals surface area contributed by atoms with Gasteiger partial charge in [0.05, 0.1) is 6.04 Å². The van der Waals surface area contributed by atoms with E-state index in [1.165, 1.54) is 12.8 Å². The number of hydrogen-bond acceptors (Lipinski definition) is 3. The normalized spacial score (nSPS) is 31.4. The fourth-order valence-electron chi connectivity index (χ4n) is 2.02. The molecule has 1 saturated heterocycles. The van der Waals surface area contributed by atoms with Crippen molar-refractivity contribution in [3.63, 3.8) is 0 Å². The van der Waals surface area contributed by atoms with E-state index in [-0.39, 0.29) is 0 Å². The van der Waals surface area contributed by atoms with Crippen molar-refractivity contribution in [1.82, 2.24) is 4.90 Å². The first-order valence-electron chi connectivity index (χ1n) is 5.31. The molecule has 1 heterocycles. The third-order valence-corrected chi connectivity index (χ3v) is 3.30. The summed E-state index contributed by atoms with van der Waals surface area (Å²) in [6.45, 7) is 6.07. The van der Waals surface area contributed by atoms with Gasteiger partial charge in [-0.05, 0) is 32.2 Å². The lowest BCUT2D eigenvalue weighted by atomic mass is 9.92. The average molecular weight is 199 g/mol. The Bertz CT molecular complexity index is 208. The van der Waals surface area contributed by atoms with Crippen molar-refractivity contribution < 1.29 is 4.79 Å². The van der Waals surface area contributed by atoms with Crippen LogP contribution in [0.25, 0.3) is 0 Å². The van der Waals surface area contributed by atoms with Crippen LogP contribution in [0.1, 0.15) is 26.7 Å². The fourth-order valence-corrected chi connectivity index (χ4v) is 2.02. The van der Waals surface area contributed by atoms with Crippen molar-refractivity contribution in [3.05, 3.63) is 0 Å². The molecule has 0 saturated carbocycles. The third-order valence-electron chi connectivity index (χ3n) is 3.30.